The maximum absolute atomic E-state index is 12.6. The number of aromatic nitrogens is 4. The first-order valence-corrected chi connectivity index (χ1v) is 6.07. The fourth-order valence-electron chi connectivity index (χ4n) is 2.09. The quantitative estimate of drug-likeness (QED) is 0.669. The molecule has 0 saturated heterocycles. The van der Waals surface area contributed by atoms with E-state index in [2.05, 4.69) is 15.1 Å². The van der Waals surface area contributed by atoms with Crippen molar-refractivity contribution >= 4 is 16.8 Å². The van der Waals surface area contributed by atoms with E-state index in [0.717, 1.165) is 5.52 Å². The third-order valence-corrected chi connectivity index (χ3v) is 2.99. The summed E-state index contributed by atoms with van der Waals surface area (Å²) in [6, 6.07) is 7.15. The maximum atomic E-state index is 12.6. The fourth-order valence-corrected chi connectivity index (χ4v) is 2.09. The third kappa shape index (κ3) is 1.89. The number of aryl methyl sites for hydroxylation is 1. The molecule has 5 nitrogen and oxygen atoms in total. The molecule has 2 aromatic heterocycles. The minimum atomic E-state index is -0.0783. The molecule has 0 aliphatic rings. The predicted molar refractivity (Wildman–Crippen MR) is 70.9 cm³/mol. The highest BCUT2D eigenvalue weighted by atomic mass is 16.1. The Balaban J connectivity index is 2.17. The normalized spacial score (nSPS) is 10.8. The highest BCUT2D eigenvalue weighted by molar-refractivity contribution is 6.14. The molecular formula is C14H12N4O. The molecule has 0 aliphatic carbocycles. The van der Waals surface area contributed by atoms with Gasteiger partial charge in [-0.15, -0.1) is 0 Å². The first-order chi connectivity index (χ1) is 9.31. The van der Waals surface area contributed by atoms with Crippen molar-refractivity contribution in [3.05, 3.63) is 54.1 Å². The predicted octanol–water partition coefficient (Wildman–Crippen LogP) is 2.08. The van der Waals surface area contributed by atoms with Crippen molar-refractivity contribution < 1.29 is 4.79 Å². The van der Waals surface area contributed by atoms with Crippen molar-refractivity contribution in [1.82, 2.24) is 19.7 Å². The monoisotopic (exact) mass is 252 g/mol. The molecule has 0 atom stereocenters. The van der Waals surface area contributed by atoms with Crippen LogP contribution in [0, 0.1) is 0 Å². The van der Waals surface area contributed by atoms with Crippen molar-refractivity contribution in [2.24, 2.45) is 0 Å². The summed E-state index contributed by atoms with van der Waals surface area (Å²) < 4.78 is 1.68. The van der Waals surface area contributed by atoms with Gasteiger partial charge in [0.15, 0.2) is 0 Å². The van der Waals surface area contributed by atoms with Crippen molar-refractivity contribution in [2.45, 2.75) is 13.5 Å². The zero-order chi connectivity index (χ0) is 13.2. The average molecular weight is 252 g/mol. The van der Waals surface area contributed by atoms with Crippen molar-refractivity contribution in [3.8, 4) is 0 Å². The molecule has 0 bridgehead atoms. The Morgan fingerprint density at radius 3 is 2.84 bits per heavy atom. The number of para-hydroxylation sites is 1. The van der Waals surface area contributed by atoms with Gasteiger partial charge in [-0.1, -0.05) is 6.07 Å². The molecule has 3 rings (SSSR count). The van der Waals surface area contributed by atoms with E-state index in [1.807, 2.05) is 19.1 Å². The summed E-state index contributed by atoms with van der Waals surface area (Å²) in [5.41, 5.74) is 2.47. The van der Waals surface area contributed by atoms with Gasteiger partial charge in [0.1, 0.15) is 5.69 Å². The van der Waals surface area contributed by atoms with Gasteiger partial charge in [-0.05, 0) is 25.1 Å². The van der Waals surface area contributed by atoms with Gasteiger partial charge >= 0.3 is 0 Å². The highest BCUT2D eigenvalue weighted by Gasteiger charge is 2.17. The molecule has 0 spiro atoms. The molecule has 5 heteroatoms. The number of rotatable bonds is 3. The van der Waals surface area contributed by atoms with Crippen LogP contribution in [0.2, 0.25) is 0 Å². The number of carbonyl (C=O) groups is 1. The van der Waals surface area contributed by atoms with Crippen LogP contribution in [-0.2, 0) is 6.54 Å². The molecule has 0 unspecified atom stereocenters. The van der Waals surface area contributed by atoms with Crippen LogP contribution in [0.1, 0.15) is 23.0 Å². The summed E-state index contributed by atoms with van der Waals surface area (Å²) in [6.45, 7) is 2.61. The lowest BCUT2D eigenvalue weighted by Gasteiger charge is -2.06. The topological polar surface area (TPSA) is 60.7 Å². The molecule has 0 aliphatic heterocycles. The van der Waals surface area contributed by atoms with Crippen LogP contribution >= 0.6 is 0 Å². The van der Waals surface area contributed by atoms with Crippen LogP contribution in [0.5, 0.6) is 0 Å². The molecule has 3 aromatic rings. The van der Waals surface area contributed by atoms with Crippen LogP contribution in [0.15, 0.2) is 42.9 Å². The van der Waals surface area contributed by atoms with E-state index in [-0.39, 0.29) is 5.78 Å². The van der Waals surface area contributed by atoms with Crippen LogP contribution in [0.25, 0.3) is 11.0 Å². The second kappa shape index (κ2) is 4.61. The standard InChI is InChI=1S/C14H12N4O/c1-2-18-12(6-7-17-18)14(19)10-4-3-5-11-13(10)16-9-8-15-11/h3-9H,2H2,1H3. The van der Waals surface area contributed by atoms with Crippen molar-refractivity contribution in [2.75, 3.05) is 0 Å². The molecule has 1 aromatic carbocycles. The Kier molecular flexibility index (Phi) is 2.79. The van der Waals surface area contributed by atoms with Crippen LogP contribution in [0.3, 0.4) is 0 Å². The van der Waals surface area contributed by atoms with E-state index >= 15 is 0 Å². The lowest BCUT2D eigenvalue weighted by atomic mass is 10.1. The van der Waals surface area contributed by atoms with Gasteiger partial charge in [0.05, 0.1) is 16.6 Å². The zero-order valence-electron chi connectivity index (χ0n) is 10.4. The van der Waals surface area contributed by atoms with E-state index in [4.69, 9.17) is 0 Å². The number of hydrogen-bond donors (Lipinski definition) is 0. The van der Waals surface area contributed by atoms with Crippen molar-refractivity contribution in [3.63, 3.8) is 0 Å². The van der Waals surface area contributed by atoms with E-state index in [1.54, 1.807) is 35.4 Å². The lowest BCUT2D eigenvalue weighted by Crippen LogP contribution is -2.11. The first kappa shape index (κ1) is 11.5. The Morgan fingerprint density at radius 1 is 1.16 bits per heavy atom. The fraction of sp³-hybridized carbons (Fsp3) is 0.143. The molecule has 0 amide bonds. The first-order valence-electron chi connectivity index (χ1n) is 6.07. The minimum Gasteiger partial charge on any atom is -0.287 e. The van der Waals surface area contributed by atoms with E-state index in [0.29, 0.717) is 23.3 Å². The van der Waals surface area contributed by atoms with Gasteiger partial charge in [-0.25, -0.2) is 0 Å². The van der Waals surface area contributed by atoms with E-state index in [1.165, 1.54) is 0 Å². The van der Waals surface area contributed by atoms with E-state index < -0.39 is 0 Å². The third-order valence-electron chi connectivity index (χ3n) is 2.99. The summed E-state index contributed by atoms with van der Waals surface area (Å²) in [5, 5.41) is 4.12. The number of ketones is 1. The molecule has 0 radical (unpaired) electrons. The van der Waals surface area contributed by atoms with Crippen LogP contribution < -0.4 is 0 Å². The molecule has 0 saturated carbocycles. The summed E-state index contributed by atoms with van der Waals surface area (Å²) in [6.07, 6.45) is 4.84. The largest absolute Gasteiger partial charge is 0.287 e. The zero-order valence-corrected chi connectivity index (χ0v) is 10.4. The Labute approximate surface area is 109 Å². The Morgan fingerprint density at radius 2 is 2.00 bits per heavy atom. The number of nitrogens with zero attached hydrogens (tertiary/aromatic N) is 4. The van der Waals surface area contributed by atoms with Gasteiger partial charge < -0.3 is 0 Å². The Bertz CT molecular complexity index is 743. The van der Waals surface area contributed by atoms with Gasteiger partial charge in [0, 0.05) is 25.1 Å². The van der Waals surface area contributed by atoms with Crippen molar-refractivity contribution in [1.29, 1.82) is 0 Å². The summed E-state index contributed by atoms with van der Waals surface area (Å²) in [5.74, 6) is -0.0783. The molecule has 94 valence electrons. The molecular weight excluding hydrogens is 240 g/mol. The molecule has 0 fully saturated rings. The highest BCUT2D eigenvalue weighted by Crippen LogP contribution is 2.17. The summed E-state index contributed by atoms with van der Waals surface area (Å²) in [7, 11) is 0. The smallest absolute Gasteiger partial charge is 0.213 e. The second-order valence-electron chi connectivity index (χ2n) is 4.09. The van der Waals surface area contributed by atoms with Gasteiger partial charge in [0.2, 0.25) is 5.78 Å². The maximum Gasteiger partial charge on any atom is 0.213 e. The summed E-state index contributed by atoms with van der Waals surface area (Å²) in [4.78, 5) is 21.0. The Hall–Kier alpha value is -2.56. The average Bonchev–Trinajstić information content (AvgIpc) is 2.94. The summed E-state index contributed by atoms with van der Waals surface area (Å²) >= 11 is 0. The van der Waals surface area contributed by atoms with Gasteiger partial charge in [-0.2, -0.15) is 5.10 Å². The number of carbonyl (C=O) groups excluding carboxylic acids is 1. The van der Waals surface area contributed by atoms with Gasteiger partial charge in [-0.3, -0.25) is 19.4 Å². The minimum absolute atomic E-state index is 0.0783. The lowest BCUT2D eigenvalue weighted by molar-refractivity contribution is 0.103. The molecule has 19 heavy (non-hydrogen) atoms. The van der Waals surface area contributed by atoms with Crippen LogP contribution in [0.4, 0.5) is 0 Å². The number of benzene rings is 1. The van der Waals surface area contributed by atoms with Crippen LogP contribution in [-0.4, -0.2) is 25.5 Å². The second-order valence-corrected chi connectivity index (χ2v) is 4.09. The SMILES string of the molecule is CCn1nccc1C(=O)c1cccc2nccnc12. The molecule has 0 N–H and O–H groups in total. The molecule has 2 heterocycles. The van der Waals surface area contributed by atoms with Gasteiger partial charge in [0.25, 0.3) is 0 Å². The number of hydrogen-bond acceptors (Lipinski definition) is 4. The van der Waals surface area contributed by atoms with E-state index in [9.17, 15) is 4.79 Å². The number of fused-ring (bicyclic) bond motifs is 1.